The zero-order chi connectivity index (χ0) is 31.1. The van der Waals surface area contributed by atoms with Crippen molar-refractivity contribution in [3.63, 3.8) is 0 Å². The highest BCUT2D eigenvalue weighted by Crippen LogP contribution is 2.43. The number of thiazole rings is 1. The number of aryl methyl sites for hydroxylation is 1. The molecule has 0 saturated heterocycles. The van der Waals surface area contributed by atoms with Crippen LogP contribution in [-0.4, -0.2) is 18.8 Å². The first-order valence-electron chi connectivity index (χ1n) is 14.5. The van der Waals surface area contributed by atoms with Crippen LogP contribution in [-0.2, 0) is 13.0 Å². The van der Waals surface area contributed by atoms with Crippen LogP contribution in [0.5, 0.6) is 17.2 Å². The summed E-state index contributed by atoms with van der Waals surface area (Å²) in [5, 5.41) is 0.635. The number of rotatable bonds is 7. The molecule has 1 aliphatic carbocycles. The molecular formula is C36H28BrClN2O4S. The van der Waals surface area contributed by atoms with E-state index in [1.54, 1.807) is 14.2 Å². The number of aromatic nitrogens is 1. The quantitative estimate of drug-likeness (QED) is 0.179. The average Bonchev–Trinajstić information content (AvgIpc) is 3.37. The molecule has 45 heavy (non-hydrogen) atoms. The average molecular weight is 700 g/mol. The second-order valence-electron chi connectivity index (χ2n) is 10.8. The number of para-hydroxylation sites is 1. The molecule has 1 atom stereocenters. The van der Waals surface area contributed by atoms with E-state index < -0.39 is 0 Å². The highest BCUT2D eigenvalue weighted by Gasteiger charge is 2.34. The van der Waals surface area contributed by atoms with Gasteiger partial charge in [-0.1, -0.05) is 83.6 Å². The number of nitrogens with zero attached hydrogens (tertiary/aromatic N) is 2. The van der Waals surface area contributed by atoms with Gasteiger partial charge in [0.25, 0.3) is 5.56 Å². The molecule has 5 aromatic rings. The Hall–Kier alpha value is -4.11. The molecule has 9 heteroatoms. The van der Waals surface area contributed by atoms with Crippen molar-refractivity contribution in [2.75, 3.05) is 14.2 Å². The van der Waals surface area contributed by atoms with E-state index in [0.717, 1.165) is 52.1 Å². The van der Waals surface area contributed by atoms with Crippen LogP contribution in [0, 0.1) is 0 Å². The van der Waals surface area contributed by atoms with Crippen molar-refractivity contribution in [1.82, 2.24) is 4.57 Å². The van der Waals surface area contributed by atoms with Crippen molar-refractivity contribution in [2.24, 2.45) is 4.99 Å². The fourth-order valence-corrected chi connectivity index (χ4v) is 7.84. The topological polar surface area (TPSA) is 62.0 Å². The maximum absolute atomic E-state index is 14.3. The summed E-state index contributed by atoms with van der Waals surface area (Å²) in [6, 6.07) is 27.3. The molecule has 0 amide bonds. The van der Waals surface area contributed by atoms with Gasteiger partial charge in [0, 0.05) is 21.7 Å². The Balaban J connectivity index is 1.35. The van der Waals surface area contributed by atoms with Crippen LogP contribution in [0.15, 0.2) is 105 Å². The van der Waals surface area contributed by atoms with Crippen LogP contribution in [0.4, 0.5) is 0 Å². The number of methoxy groups -OCH3 is 2. The molecule has 0 saturated carbocycles. The van der Waals surface area contributed by atoms with Crippen molar-refractivity contribution in [3.05, 3.63) is 148 Å². The van der Waals surface area contributed by atoms with Gasteiger partial charge in [0.1, 0.15) is 12.4 Å². The van der Waals surface area contributed by atoms with E-state index in [4.69, 9.17) is 30.8 Å². The Kier molecular flexibility index (Phi) is 8.12. The molecule has 1 aromatic heterocycles. The molecule has 2 heterocycles. The van der Waals surface area contributed by atoms with E-state index in [2.05, 4.69) is 34.1 Å². The summed E-state index contributed by atoms with van der Waals surface area (Å²) in [5.74, 6) is 1.83. The van der Waals surface area contributed by atoms with E-state index in [-0.39, 0.29) is 18.2 Å². The normalized spacial score (nSPS) is 15.6. The maximum Gasteiger partial charge on any atom is 0.271 e. The highest BCUT2D eigenvalue weighted by atomic mass is 79.9. The summed E-state index contributed by atoms with van der Waals surface area (Å²) in [5.41, 5.74) is 6.97. The van der Waals surface area contributed by atoms with Gasteiger partial charge in [0.2, 0.25) is 0 Å². The number of allylic oxidation sites excluding steroid dienone is 1. The number of halogens is 2. The molecule has 0 spiro atoms. The summed E-state index contributed by atoms with van der Waals surface area (Å²) in [7, 11) is 3.26. The monoisotopic (exact) mass is 698 g/mol. The summed E-state index contributed by atoms with van der Waals surface area (Å²) in [6.07, 6.45) is 3.58. The Labute approximate surface area is 277 Å². The Morgan fingerprint density at radius 2 is 1.73 bits per heavy atom. The lowest BCUT2D eigenvalue weighted by molar-refractivity contribution is 0.282. The summed E-state index contributed by atoms with van der Waals surface area (Å²) in [6.45, 7) is 0.281. The lowest BCUT2D eigenvalue weighted by atomic mass is 9.83. The molecule has 0 N–H and O–H groups in total. The molecule has 0 radical (unpaired) electrons. The van der Waals surface area contributed by atoms with Crippen LogP contribution >= 0.6 is 38.9 Å². The van der Waals surface area contributed by atoms with Crippen molar-refractivity contribution in [2.45, 2.75) is 25.5 Å². The van der Waals surface area contributed by atoms with Crippen LogP contribution in [0.3, 0.4) is 0 Å². The van der Waals surface area contributed by atoms with Crippen molar-refractivity contribution >= 4 is 50.6 Å². The number of hydrogen-bond donors (Lipinski definition) is 0. The van der Waals surface area contributed by atoms with Gasteiger partial charge in [-0.2, -0.15) is 0 Å². The van der Waals surface area contributed by atoms with Gasteiger partial charge >= 0.3 is 0 Å². The highest BCUT2D eigenvalue weighted by molar-refractivity contribution is 9.10. The largest absolute Gasteiger partial charge is 0.496 e. The zero-order valence-electron chi connectivity index (χ0n) is 24.6. The van der Waals surface area contributed by atoms with Crippen molar-refractivity contribution < 1.29 is 14.2 Å². The first kappa shape index (κ1) is 29.6. The van der Waals surface area contributed by atoms with Gasteiger partial charge in [0.05, 0.1) is 35.0 Å². The van der Waals surface area contributed by atoms with Gasteiger partial charge in [-0.3, -0.25) is 9.36 Å². The Morgan fingerprint density at radius 3 is 2.56 bits per heavy atom. The van der Waals surface area contributed by atoms with E-state index >= 15 is 0 Å². The molecular weight excluding hydrogens is 672 g/mol. The van der Waals surface area contributed by atoms with Gasteiger partial charge in [-0.15, -0.1) is 0 Å². The Morgan fingerprint density at radius 1 is 0.978 bits per heavy atom. The third kappa shape index (κ3) is 5.41. The van der Waals surface area contributed by atoms with Crippen LogP contribution in [0.25, 0.3) is 11.8 Å². The molecule has 1 unspecified atom stereocenters. The van der Waals surface area contributed by atoms with E-state index in [9.17, 15) is 4.79 Å². The van der Waals surface area contributed by atoms with E-state index in [0.29, 0.717) is 30.3 Å². The van der Waals surface area contributed by atoms with Crippen molar-refractivity contribution in [1.29, 1.82) is 0 Å². The zero-order valence-corrected chi connectivity index (χ0v) is 27.7. The fourth-order valence-electron chi connectivity index (χ4n) is 6.07. The minimum absolute atomic E-state index is 0.103. The lowest BCUT2D eigenvalue weighted by Gasteiger charge is -2.31. The van der Waals surface area contributed by atoms with Crippen LogP contribution in [0.1, 0.15) is 40.3 Å². The molecule has 7 rings (SSSR count). The Bertz CT molecular complexity index is 2170. The maximum atomic E-state index is 14.3. The first-order chi connectivity index (χ1) is 22.0. The third-order valence-corrected chi connectivity index (χ3v) is 10.1. The SMILES string of the molecule is COc1ccccc1C1C2=C(N=c3s/c(=C\c4cc(Br)c(OCc5ccccc5Cl)c(OC)c4)c(=O)n31)c1ccccc1CC2. The molecule has 0 fully saturated rings. The number of hydrogen-bond acceptors (Lipinski definition) is 6. The smallest absolute Gasteiger partial charge is 0.271 e. The molecule has 226 valence electrons. The van der Waals surface area contributed by atoms with Crippen LogP contribution in [0.2, 0.25) is 5.02 Å². The van der Waals surface area contributed by atoms with Crippen LogP contribution < -0.4 is 29.1 Å². The third-order valence-electron chi connectivity index (χ3n) is 8.19. The molecule has 4 aromatic carbocycles. The second kappa shape index (κ2) is 12.4. The number of ether oxygens (including phenoxy) is 3. The van der Waals surface area contributed by atoms with E-state index in [1.165, 1.54) is 16.9 Å². The summed E-state index contributed by atoms with van der Waals surface area (Å²) in [4.78, 5) is 20.0. The second-order valence-corrected chi connectivity index (χ2v) is 13.0. The molecule has 6 nitrogen and oxygen atoms in total. The summed E-state index contributed by atoms with van der Waals surface area (Å²) < 4.78 is 20.7. The molecule has 2 aliphatic rings. The van der Waals surface area contributed by atoms with Crippen molar-refractivity contribution in [3.8, 4) is 17.2 Å². The molecule has 1 aliphatic heterocycles. The molecule has 0 bridgehead atoms. The fraction of sp³-hybridized carbons (Fsp3) is 0.167. The summed E-state index contributed by atoms with van der Waals surface area (Å²) >= 11 is 11.4. The van der Waals surface area contributed by atoms with E-state index in [1.807, 2.05) is 77.4 Å². The minimum atomic E-state index is -0.329. The first-order valence-corrected chi connectivity index (χ1v) is 16.5. The van der Waals surface area contributed by atoms with Gasteiger partial charge < -0.3 is 14.2 Å². The number of fused-ring (bicyclic) bond motifs is 3. The van der Waals surface area contributed by atoms with Gasteiger partial charge in [0.15, 0.2) is 16.3 Å². The predicted molar refractivity (Wildman–Crippen MR) is 182 cm³/mol. The standard InChI is InChI=1S/C36H28BrClN2O4S/c1-42-29-14-8-6-12-25(29)33-26-16-15-22-9-3-5-11-24(22)32(26)39-36-40(33)35(41)31(45-36)19-21-17-27(37)34(30(18-21)43-2)44-20-23-10-4-7-13-28(23)38/h3-14,17-19,33H,15-16,20H2,1-2H3/b31-19-. The lowest BCUT2D eigenvalue weighted by Crippen LogP contribution is -2.39. The predicted octanol–water partition coefficient (Wildman–Crippen LogP) is 7.33. The number of benzene rings is 4. The minimum Gasteiger partial charge on any atom is -0.496 e. The van der Waals surface area contributed by atoms with Gasteiger partial charge in [-0.25, -0.2) is 4.99 Å². The van der Waals surface area contributed by atoms with Gasteiger partial charge in [-0.05, 0) is 75.8 Å².